The van der Waals surface area contributed by atoms with Crippen molar-refractivity contribution in [1.82, 2.24) is 15.3 Å². The van der Waals surface area contributed by atoms with Crippen molar-refractivity contribution in [2.75, 3.05) is 11.9 Å². The average molecular weight is 258 g/mol. The molecular weight excluding hydrogens is 240 g/mol. The van der Waals surface area contributed by atoms with Gasteiger partial charge in [-0.2, -0.15) is 0 Å². The van der Waals surface area contributed by atoms with E-state index in [0.717, 1.165) is 16.9 Å². The van der Waals surface area contributed by atoms with E-state index in [9.17, 15) is 4.79 Å². The van der Waals surface area contributed by atoms with Gasteiger partial charge in [-0.15, -0.1) is 0 Å². The highest BCUT2D eigenvalue weighted by Crippen LogP contribution is 2.17. The normalized spacial score (nSPS) is 10.2. The van der Waals surface area contributed by atoms with Gasteiger partial charge in [-0.05, 0) is 37.6 Å². The van der Waals surface area contributed by atoms with Crippen LogP contribution in [-0.4, -0.2) is 22.4 Å². The van der Waals surface area contributed by atoms with Gasteiger partial charge in [-0.3, -0.25) is 4.79 Å². The van der Waals surface area contributed by atoms with Gasteiger partial charge in [0.2, 0.25) is 0 Å². The molecule has 0 radical (unpaired) electrons. The summed E-state index contributed by atoms with van der Waals surface area (Å²) in [5, 5.41) is 6.10. The Hall–Kier alpha value is -2.30. The highest BCUT2D eigenvalue weighted by molar-refractivity contribution is 5.94. The number of H-pyrrole nitrogens is 1. The molecule has 3 N–H and O–H groups in total. The van der Waals surface area contributed by atoms with Gasteiger partial charge in [-0.25, -0.2) is 4.98 Å². The van der Waals surface area contributed by atoms with E-state index in [1.807, 2.05) is 32.0 Å². The van der Waals surface area contributed by atoms with E-state index < -0.39 is 0 Å². The number of nitrogens with zero attached hydrogens (tertiary/aromatic N) is 1. The van der Waals surface area contributed by atoms with E-state index >= 15 is 0 Å². The molecule has 1 aromatic heterocycles. The van der Waals surface area contributed by atoms with Crippen LogP contribution >= 0.6 is 0 Å². The van der Waals surface area contributed by atoms with E-state index in [4.69, 9.17) is 0 Å². The quantitative estimate of drug-likeness (QED) is 0.769. The van der Waals surface area contributed by atoms with Gasteiger partial charge in [0, 0.05) is 24.0 Å². The minimum Gasteiger partial charge on any atom is -0.379 e. The molecule has 1 amide bonds. The summed E-state index contributed by atoms with van der Waals surface area (Å²) in [6.45, 7) is 5.21. The number of aryl methyl sites for hydroxylation is 1. The van der Waals surface area contributed by atoms with Crippen LogP contribution in [0.3, 0.4) is 0 Å². The van der Waals surface area contributed by atoms with Crippen LogP contribution in [0.1, 0.15) is 28.5 Å². The molecule has 0 spiro atoms. The number of rotatable bonds is 5. The third kappa shape index (κ3) is 3.34. The molecule has 5 nitrogen and oxygen atoms in total. The molecule has 1 aromatic carbocycles. The Bertz CT molecular complexity index is 549. The van der Waals surface area contributed by atoms with Crippen molar-refractivity contribution in [2.45, 2.75) is 20.4 Å². The Kier molecular flexibility index (Phi) is 4.18. The maximum Gasteiger partial charge on any atom is 0.251 e. The van der Waals surface area contributed by atoms with Crippen LogP contribution in [0.4, 0.5) is 5.69 Å². The minimum atomic E-state index is -0.0364. The van der Waals surface area contributed by atoms with Crippen LogP contribution in [0.15, 0.2) is 30.7 Å². The lowest BCUT2D eigenvalue weighted by atomic mass is 10.1. The third-order valence-corrected chi connectivity index (χ3v) is 2.85. The summed E-state index contributed by atoms with van der Waals surface area (Å²) in [5.41, 5.74) is 3.77. The molecule has 0 saturated heterocycles. The van der Waals surface area contributed by atoms with E-state index in [0.29, 0.717) is 18.7 Å². The van der Waals surface area contributed by atoms with Crippen LogP contribution in [0.2, 0.25) is 0 Å². The van der Waals surface area contributed by atoms with Crippen molar-refractivity contribution >= 4 is 11.6 Å². The molecule has 0 aliphatic rings. The maximum absolute atomic E-state index is 11.7. The summed E-state index contributed by atoms with van der Waals surface area (Å²) in [6.07, 6.45) is 3.44. The van der Waals surface area contributed by atoms with Crippen LogP contribution in [-0.2, 0) is 6.54 Å². The van der Waals surface area contributed by atoms with Crippen molar-refractivity contribution in [3.63, 3.8) is 0 Å². The predicted molar refractivity (Wildman–Crippen MR) is 75.1 cm³/mol. The fourth-order valence-corrected chi connectivity index (χ4v) is 1.84. The molecule has 100 valence electrons. The number of nitrogens with one attached hydrogen (secondary N) is 3. The van der Waals surface area contributed by atoms with Gasteiger partial charge in [0.1, 0.15) is 0 Å². The molecular formula is C14H18N4O. The Morgan fingerprint density at radius 1 is 1.42 bits per heavy atom. The first-order chi connectivity index (χ1) is 9.20. The maximum atomic E-state index is 11.7. The molecule has 2 rings (SSSR count). The van der Waals surface area contributed by atoms with Crippen LogP contribution in [0.25, 0.3) is 0 Å². The molecule has 0 bridgehead atoms. The summed E-state index contributed by atoms with van der Waals surface area (Å²) in [4.78, 5) is 18.7. The number of imidazole rings is 1. The highest BCUT2D eigenvalue weighted by Gasteiger charge is 2.06. The lowest BCUT2D eigenvalue weighted by Gasteiger charge is -2.10. The summed E-state index contributed by atoms with van der Waals surface area (Å²) in [5.74, 6) is -0.0364. The summed E-state index contributed by atoms with van der Waals surface area (Å²) >= 11 is 0. The molecule has 0 aliphatic carbocycles. The SMILES string of the molecule is CCNC(=O)c1ccc(NCc2cnc[nH]2)c(C)c1. The van der Waals surface area contributed by atoms with Crippen LogP contribution in [0, 0.1) is 6.92 Å². The Morgan fingerprint density at radius 2 is 2.26 bits per heavy atom. The zero-order valence-electron chi connectivity index (χ0n) is 11.2. The first-order valence-electron chi connectivity index (χ1n) is 6.30. The molecule has 0 atom stereocenters. The number of carbonyl (C=O) groups is 1. The summed E-state index contributed by atoms with van der Waals surface area (Å²) < 4.78 is 0. The molecule has 19 heavy (non-hydrogen) atoms. The standard InChI is InChI=1S/C14H18N4O/c1-3-16-14(19)11-4-5-13(10(2)6-11)17-8-12-7-15-9-18-12/h4-7,9,17H,3,8H2,1-2H3,(H,15,18)(H,16,19). The second-order valence-electron chi connectivity index (χ2n) is 4.32. The predicted octanol–water partition coefficient (Wildman–Crippen LogP) is 2.08. The van der Waals surface area contributed by atoms with Crippen molar-refractivity contribution in [3.05, 3.63) is 47.5 Å². The second-order valence-corrected chi connectivity index (χ2v) is 4.32. The van der Waals surface area contributed by atoms with Crippen LogP contribution in [0.5, 0.6) is 0 Å². The van der Waals surface area contributed by atoms with E-state index in [1.165, 1.54) is 0 Å². The van der Waals surface area contributed by atoms with Crippen LogP contribution < -0.4 is 10.6 Å². The topological polar surface area (TPSA) is 69.8 Å². The number of benzene rings is 1. The molecule has 0 aliphatic heterocycles. The fraction of sp³-hybridized carbons (Fsp3) is 0.286. The number of aromatic nitrogens is 2. The second kappa shape index (κ2) is 6.04. The van der Waals surface area contributed by atoms with Gasteiger partial charge in [-0.1, -0.05) is 0 Å². The number of hydrogen-bond donors (Lipinski definition) is 3. The highest BCUT2D eigenvalue weighted by atomic mass is 16.1. The Balaban J connectivity index is 2.04. The van der Waals surface area contributed by atoms with Crippen molar-refractivity contribution in [1.29, 1.82) is 0 Å². The number of amides is 1. The van der Waals surface area contributed by atoms with E-state index in [1.54, 1.807) is 12.5 Å². The monoisotopic (exact) mass is 258 g/mol. The molecule has 0 unspecified atom stereocenters. The van der Waals surface area contributed by atoms with Gasteiger partial charge >= 0.3 is 0 Å². The van der Waals surface area contributed by atoms with Gasteiger partial charge in [0.25, 0.3) is 5.91 Å². The Labute approximate surface area is 112 Å². The third-order valence-electron chi connectivity index (χ3n) is 2.85. The molecule has 0 fully saturated rings. The largest absolute Gasteiger partial charge is 0.379 e. The summed E-state index contributed by atoms with van der Waals surface area (Å²) in [7, 11) is 0. The van der Waals surface area contributed by atoms with E-state index in [2.05, 4.69) is 20.6 Å². The molecule has 5 heteroatoms. The zero-order chi connectivity index (χ0) is 13.7. The lowest BCUT2D eigenvalue weighted by Crippen LogP contribution is -2.22. The number of anilines is 1. The number of carbonyl (C=O) groups excluding carboxylic acids is 1. The van der Waals surface area contributed by atoms with Crippen molar-refractivity contribution in [3.8, 4) is 0 Å². The van der Waals surface area contributed by atoms with Crippen molar-refractivity contribution < 1.29 is 4.79 Å². The number of hydrogen-bond acceptors (Lipinski definition) is 3. The Morgan fingerprint density at radius 3 is 2.89 bits per heavy atom. The van der Waals surface area contributed by atoms with Crippen molar-refractivity contribution in [2.24, 2.45) is 0 Å². The summed E-state index contributed by atoms with van der Waals surface area (Å²) in [6, 6.07) is 5.64. The first kappa shape index (κ1) is 13.1. The first-order valence-corrected chi connectivity index (χ1v) is 6.30. The fourth-order valence-electron chi connectivity index (χ4n) is 1.84. The molecule has 2 aromatic rings. The molecule has 1 heterocycles. The minimum absolute atomic E-state index is 0.0364. The zero-order valence-corrected chi connectivity index (χ0v) is 11.2. The lowest BCUT2D eigenvalue weighted by molar-refractivity contribution is 0.0956. The average Bonchev–Trinajstić information content (AvgIpc) is 2.90. The van der Waals surface area contributed by atoms with Gasteiger partial charge < -0.3 is 15.6 Å². The molecule has 0 saturated carbocycles. The number of aromatic amines is 1. The van der Waals surface area contributed by atoms with Gasteiger partial charge in [0.05, 0.1) is 18.6 Å². The smallest absolute Gasteiger partial charge is 0.251 e. The van der Waals surface area contributed by atoms with E-state index in [-0.39, 0.29) is 5.91 Å². The van der Waals surface area contributed by atoms with Gasteiger partial charge in [0.15, 0.2) is 0 Å².